The molecule has 2 heterocycles. The van der Waals surface area contributed by atoms with Crippen LogP contribution in [-0.2, 0) is 33.3 Å². The Balaban J connectivity index is 1.91. The first-order valence-corrected chi connectivity index (χ1v) is 12.1. The summed E-state index contributed by atoms with van der Waals surface area (Å²) in [5, 5.41) is 24.0. The Morgan fingerprint density at radius 3 is 2.38 bits per heavy atom. The van der Waals surface area contributed by atoms with Crippen molar-refractivity contribution >= 4 is 29.5 Å². The molecule has 0 bridgehead atoms. The van der Waals surface area contributed by atoms with Gasteiger partial charge in [-0.05, 0) is 26.7 Å². The molecule has 4 aliphatic rings. The van der Waals surface area contributed by atoms with E-state index in [1.807, 2.05) is 6.92 Å². The van der Waals surface area contributed by atoms with E-state index in [2.05, 4.69) is 0 Å². The standard InChI is InChI=1S/C24H33ClO9/c1-9-7-8-14(31-12(4)26)23(6)15(10(2)17(32-13(5)27)18-21(23)33-18)19(28)24(30)11(3)22(29)34-20(24)16(9)25/h10-11,14-15,17-21,28,30H,7-8H2,1-6H3/b16-9+/t10-,11+,14+,15-,17+,18+,19+,20-,21+,23-,24-/m1/s1. The van der Waals surface area contributed by atoms with Crippen LogP contribution in [0.5, 0.6) is 0 Å². The summed E-state index contributed by atoms with van der Waals surface area (Å²) < 4.78 is 22.9. The molecule has 2 saturated heterocycles. The highest BCUT2D eigenvalue weighted by molar-refractivity contribution is 6.30. The third-order valence-corrected chi connectivity index (χ3v) is 9.02. The van der Waals surface area contributed by atoms with Crippen LogP contribution in [0.15, 0.2) is 10.6 Å². The minimum absolute atomic E-state index is 0.143. The normalized spacial score (nSPS) is 50.3. The number of allylic oxidation sites excluding steroid dienone is 1. The molecule has 0 amide bonds. The number of carbonyl (C=O) groups is 3. The molecule has 34 heavy (non-hydrogen) atoms. The molecule has 10 heteroatoms. The van der Waals surface area contributed by atoms with Gasteiger partial charge in [0.05, 0.1) is 23.2 Å². The summed E-state index contributed by atoms with van der Waals surface area (Å²) in [4.78, 5) is 36.6. The fourth-order valence-electron chi connectivity index (χ4n) is 6.60. The molecule has 3 fully saturated rings. The Morgan fingerprint density at radius 2 is 1.79 bits per heavy atom. The van der Waals surface area contributed by atoms with Gasteiger partial charge in [-0.15, -0.1) is 0 Å². The zero-order valence-corrected chi connectivity index (χ0v) is 21.0. The average molecular weight is 501 g/mol. The molecule has 0 aromatic rings. The maximum absolute atomic E-state index is 12.6. The second-order valence-corrected chi connectivity index (χ2v) is 10.9. The average Bonchev–Trinajstić information content (AvgIpc) is 3.52. The lowest BCUT2D eigenvalue weighted by Gasteiger charge is -2.54. The predicted molar refractivity (Wildman–Crippen MR) is 118 cm³/mol. The highest BCUT2D eigenvalue weighted by Gasteiger charge is 2.74. The maximum Gasteiger partial charge on any atom is 0.312 e. The number of esters is 3. The van der Waals surface area contributed by atoms with Gasteiger partial charge in [0, 0.05) is 31.1 Å². The van der Waals surface area contributed by atoms with Gasteiger partial charge in [-0.3, -0.25) is 14.4 Å². The van der Waals surface area contributed by atoms with Gasteiger partial charge in [0.15, 0.2) is 6.10 Å². The van der Waals surface area contributed by atoms with E-state index in [4.69, 9.17) is 30.5 Å². The van der Waals surface area contributed by atoms with Crippen LogP contribution in [-0.4, -0.2) is 70.3 Å². The van der Waals surface area contributed by atoms with E-state index in [1.54, 1.807) is 13.8 Å². The predicted octanol–water partition coefficient (Wildman–Crippen LogP) is 1.85. The largest absolute Gasteiger partial charge is 0.462 e. The lowest BCUT2D eigenvalue weighted by atomic mass is 9.54. The first kappa shape index (κ1) is 25.4. The van der Waals surface area contributed by atoms with Gasteiger partial charge in [0.1, 0.15) is 23.9 Å². The van der Waals surface area contributed by atoms with Gasteiger partial charge < -0.3 is 29.2 Å². The van der Waals surface area contributed by atoms with Crippen LogP contribution in [0.4, 0.5) is 0 Å². The van der Waals surface area contributed by atoms with E-state index in [-0.39, 0.29) is 5.03 Å². The Kier molecular flexibility index (Phi) is 6.33. The molecule has 11 atom stereocenters. The van der Waals surface area contributed by atoms with Crippen molar-refractivity contribution in [2.24, 2.45) is 23.2 Å². The van der Waals surface area contributed by atoms with Gasteiger partial charge in [0.25, 0.3) is 0 Å². The Hall–Kier alpha value is -1.68. The molecule has 2 aliphatic carbocycles. The van der Waals surface area contributed by atoms with E-state index in [9.17, 15) is 24.6 Å². The summed E-state index contributed by atoms with van der Waals surface area (Å²) in [7, 11) is 0. The van der Waals surface area contributed by atoms with Gasteiger partial charge in [-0.25, -0.2) is 0 Å². The number of ether oxygens (including phenoxy) is 4. The summed E-state index contributed by atoms with van der Waals surface area (Å²) in [6.45, 7) is 9.53. The van der Waals surface area contributed by atoms with Crippen molar-refractivity contribution in [2.75, 3.05) is 0 Å². The Labute approximate surface area is 203 Å². The van der Waals surface area contributed by atoms with Gasteiger partial charge >= 0.3 is 17.9 Å². The Bertz CT molecular complexity index is 933. The van der Waals surface area contributed by atoms with E-state index < -0.39 is 83.3 Å². The molecule has 2 N–H and O–H groups in total. The van der Waals surface area contributed by atoms with Crippen LogP contribution in [0.25, 0.3) is 0 Å². The molecule has 2 aliphatic heterocycles. The molecule has 0 aromatic carbocycles. The van der Waals surface area contributed by atoms with Gasteiger partial charge in [0.2, 0.25) is 0 Å². The number of carbonyl (C=O) groups excluding carboxylic acids is 3. The monoisotopic (exact) mass is 500 g/mol. The van der Waals surface area contributed by atoms with Crippen LogP contribution in [0.2, 0.25) is 0 Å². The summed E-state index contributed by atoms with van der Waals surface area (Å²) in [6.07, 6.45) is -4.30. The smallest absolute Gasteiger partial charge is 0.312 e. The first-order valence-electron chi connectivity index (χ1n) is 11.7. The molecule has 0 aromatic heterocycles. The quantitative estimate of drug-likeness (QED) is 0.331. The SMILES string of the molecule is CC(=O)O[C@H]1[C@H](C)[C@@H]2[C@H](O)[C@@]3(O)[C@H](OC(=O)[C@@H]3C)/C(Cl)=C(/C)CC[C@H](OC(C)=O)[C@@]2(C)[C@H]2O[C@@H]12. The van der Waals surface area contributed by atoms with E-state index in [0.717, 1.165) is 0 Å². The molecular formula is C24H33ClO9. The minimum Gasteiger partial charge on any atom is -0.462 e. The van der Waals surface area contributed by atoms with Crippen molar-refractivity contribution in [3.63, 3.8) is 0 Å². The number of halogens is 1. The Morgan fingerprint density at radius 1 is 1.18 bits per heavy atom. The fourth-order valence-corrected chi connectivity index (χ4v) is 6.91. The summed E-state index contributed by atoms with van der Waals surface area (Å²) in [6, 6.07) is 0. The molecule has 0 spiro atoms. The van der Waals surface area contributed by atoms with E-state index in [1.165, 1.54) is 20.8 Å². The topological polar surface area (TPSA) is 132 Å². The maximum atomic E-state index is 12.6. The summed E-state index contributed by atoms with van der Waals surface area (Å²) in [5.74, 6) is -4.04. The van der Waals surface area contributed by atoms with Crippen LogP contribution in [0.3, 0.4) is 0 Å². The second kappa shape index (κ2) is 8.47. The molecule has 1 saturated carbocycles. The van der Waals surface area contributed by atoms with Crippen molar-refractivity contribution in [1.29, 1.82) is 0 Å². The van der Waals surface area contributed by atoms with Crippen molar-refractivity contribution in [3.8, 4) is 0 Å². The van der Waals surface area contributed by atoms with Crippen molar-refractivity contribution < 1.29 is 43.5 Å². The third kappa shape index (κ3) is 3.58. The van der Waals surface area contributed by atoms with Crippen LogP contribution < -0.4 is 0 Å². The van der Waals surface area contributed by atoms with Crippen molar-refractivity contribution in [2.45, 2.75) is 96.6 Å². The number of rotatable bonds is 2. The van der Waals surface area contributed by atoms with Gasteiger partial charge in [-0.1, -0.05) is 31.0 Å². The second-order valence-electron chi connectivity index (χ2n) is 10.5. The molecule has 4 rings (SSSR count). The highest BCUT2D eigenvalue weighted by Crippen LogP contribution is 2.61. The lowest BCUT2D eigenvalue weighted by molar-refractivity contribution is -0.210. The molecule has 0 unspecified atom stereocenters. The van der Waals surface area contributed by atoms with Gasteiger partial charge in [-0.2, -0.15) is 0 Å². The fraction of sp³-hybridized carbons (Fsp3) is 0.792. The van der Waals surface area contributed by atoms with Crippen LogP contribution >= 0.6 is 11.6 Å². The summed E-state index contributed by atoms with van der Waals surface area (Å²) in [5.41, 5.74) is -2.36. The van der Waals surface area contributed by atoms with E-state index in [0.29, 0.717) is 18.4 Å². The molecular weight excluding hydrogens is 468 g/mol. The number of epoxide rings is 1. The number of aliphatic hydroxyl groups is 2. The highest BCUT2D eigenvalue weighted by atomic mass is 35.5. The number of hydrogen-bond acceptors (Lipinski definition) is 9. The lowest BCUT2D eigenvalue weighted by Crippen LogP contribution is -2.66. The number of hydrogen-bond donors (Lipinski definition) is 2. The first-order chi connectivity index (χ1) is 15.8. The van der Waals surface area contributed by atoms with E-state index >= 15 is 0 Å². The third-order valence-electron chi connectivity index (χ3n) is 8.50. The van der Waals surface area contributed by atoms with Crippen molar-refractivity contribution in [1.82, 2.24) is 0 Å². The molecule has 0 radical (unpaired) electrons. The molecule has 9 nitrogen and oxygen atoms in total. The van der Waals surface area contributed by atoms with Crippen LogP contribution in [0.1, 0.15) is 54.4 Å². The molecule has 190 valence electrons. The zero-order valence-electron chi connectivity index (χ0n) is 20.2. The number of fused-ring (bicyclic) bond motifs is 4. The van der Waals surface area contributed by atoms with Crippen molar-refractivity contribution in [3.05, 3.63) is 10.6 Å². The number of aliphatic hydroxyl groups excluding tert-OH is 1. The minimum atomic E-state index is -2.06. The zero-order chi connectivity index (χ0) is 25.3. The van der Waals surface area contributed by atoms with Crippen LogP contribution in [0, 0.1) is 23.2 Å². The summed E-state index contributed by atoms with van der Waals surface area (Å²) >= 11 is 6.62.